The van der Waals surface area contributed by atoms with Gasteiger partial charge in [-0.3, -0.25) is 9.69 Å². The highest BCUT2D eigenvalue weighted by Crippen LogP contribution is 2.19. The fourth-order valence-corrected chi connectivity index (χ4v) is 2.14. The van der Waals surface area contributed by atoms with Crippen LogP contribution in [0.25, 0.3) is 0 Å². The van der Waals surface area contributed by atoms with Gasteiger partial charge in [-0.2, -0.15) is 5.26 Å². The van der Waals surface area contributed by atoms with Crippen molar-refractivity contribution in [1.29, 1.82) is 5.26 Å². The molecule has 1 aliphatic heterocycles. The number of amides is 1. The van der Waals surface area contributed by atoms with Gasteiger partial charge in [-0.05, 0) is 34.2 Å². The first-order valence-corrected chi connectivity index (χ1v) is 5.88. The van der Waals surface area contributed by atoms with Gasteiger partial charge in [0.1, 0.15) is 6.04 Å². The van der Waals surface area contributed by atoms with Gasteiger partial charge in [0.25, 0.3) is 0 Å². The van der Waals surface area contributed by atoms with Crippen LogP contribution in [-0.2, 0) is 4.79 Å². The molecule has 0 spiro atoms. The number of nitriles is 1. The highest BCUT2D eigenvalue weighted by Gasteiger charge is 2.34. The van der Waals surface area contributed by atoms with E-state index >= 15 is 0 Å². The molecule has 4 heteroatoms. The summed E-state index contributed by atoms with van der Waals surface area (Å²) < 4.78 is 0. The molecule has 0 aliphatic carbocycles. The Kier molecular flexibility index (Phi) is 4.31. The fraction of sp³-hybridized carbons (Fsp3) is 0.833. The SMILES string of the molecule is CC(C)N1CCC(C)N(C)C(CC#N)C1=O. The van der Waals surface area contributed by atoms with Gasteiger partial charge in [0, 0.05) is 18.6 Å². The van der Waals surface area contributed by atoms with Crippen molar-refractivity contribution in [1.82, 2.24) is 9.80 Å². The van der Waals surface area contributed by atoms with Crippen LogP contribution in [0.4, 0.5) is 0 Å². The zero-order valence-corrected chi connectivity index (χ0v) is 10.6. The van der Waals surface area contributed by atoms with E-state index in [9.17, 15) is 4.79 Å². The fourth-order valence-electron chi connectivity index (χ4n) is 2.14. The molecular formula is C12H21N3O. The first kappa shape index (κ1) is 13.0. The second-order valence-corrected chi connectivity index (χ2v) is 4.81. The Balaban J connectivity index is 2.92. The van der Waals surface area contributed by atoms with Crippen molar-refractivity contribution < 1.29 is 4.79 Å². The Bertz CT molecular complexity index is 295. The molecule has 0 aromatic heterocycles. The van der Waals surface area contributed by atoms with Gasteiger partial charge >= 0.3 is 0 Å². The van der Waals surface area contributed by atoms with Gasteiger partial charge in [-0.15, -0.1) is 0 Å². The van der Waals surface area contributed by atoms with Crippen molar-refractivity contribution in [3.05, 3.63) is 0 Å². The monoisotopic (exact) mass is 223 g/mol. The van der Waals surface area contributed by atoms with Crippen LogP contribution in [0, 0.1) is 11.3 Å². The molecule has 0 N–H and O–H groups in total. The van der Waals surface area contributed by atoms with Crippen molar-refractivity contribution in [2.24, 2.45) is 0 Å². The zero-order chi connectivity index (χ0) is 12.3. The van der Waals surface area contributed by atoms with Crippen molar-refractivity contribution in [2.75, 3.05) is 13.6 Å². The van der Waals surface area contributed by atoms with Crippen LogP contribution >= 0.6 is 0 Å². The van der Waals surface area contributed by atoms with E-state index in [-0.39, 0.29) is 24.4 Å². The van der Waals surface area contributed by atoms with Crippen LogP contribution in [0.2, 0.25) is 0 Å². The van der Waals surface area contributed by atoms with E-state index in [1.54, 1.807) is 0 Å². The summed E-state index contributed by atoms with van der Waals surface area (Å²) in [6.45, 7) is 6.96. The smallest absolute Gasteiger partial charge is 0.241 e. The molecular weight excluding hydrogens is 202 g/mol. The summed E-state index contributed by atoms with van der Waals surface area (Å²) >= 11 is 0. The summed E-state index contributed by atoms with van der Waals surface area (Å²) in [5.74, 6) is 0.100. The molecule has 0 bridgehead atoms. The highest BCUT2D eigenvalue weighted by molar-refractivity contribution is 5.82. The number of carbonyl (C=O) groups excluding carboxylic acids is 1. The standard InChI is InChI=1S/C12H21N3O/c1-9(2)15-8-6-10(3)14(4)11(5-7-13)12(15)16/h9-11H,5-6,8H2,1-4H3. The van der Waals surface area contributed by atoms with Crippen LogP contribution in [0.15, 0.2) is 0 Å². The second-order valence-electron chi connectivity index (χ2n) is 4.81. The van der Waals surface area contributed by atoms with E-state index in [0.717, 1.165) is 13.0 Å². The lowest BCUT2D eigenvalue weighted by atomic mass is 10.1. The van der Waals surface area contributed by atoms with E-state index in [2.05, 4.69) is 13.0 Å². The summed E-state index contributed by atoms with van der Waals surface area (Å²) in [4.78, 5) is 16.2. The topological polar surface area (TPSA) is 47.3 Å². The predicted molar refractivity (Wildman–Crippen MR) is 62.7 cm³/mol. The van der Waals surface area contributed by atoms with Crippen LogP contribution in [0.3, 0.4) is 0 Å². The number of hydrogen-bond donors (Lipinski definition) is 0. The summed E-state index contributed by atoms with van der Waals surface area (Å²) in [6.07, 6.45) is 1.26. The molecule has 4 nitrogen and oxygen atoms in total. The Morgan fingerprint density at radius 1 is 1.56 bits per heavy atom. The first-order valence-electron chi connectivity index (χ1n) is 5.88. The molecule has 1 rings (SSSR count). The largest absolute Gasteiger partial charge is 0.339 e. The summed E-state index contributed by atoms with van der Waals surface area (Å²) in [7, 11) is 1.94. The van der Waals surface area contributed by atoms with Gasteiger partial charge in [-0.1, -0.05) is 0 Å². The molecule has 0 radical (unpaired) electrons. The van der Waals surface area contributed by atoms with Crippen molar-refractivity contribution in [2.45, 2.75) is 51.7 Å². The van der Waals surface area contributed by atoms with Crippen molar-refractivity contribution >= 4 is 5.91 Å². The Morgan fingerprint density at radius 3 is 2.69 bits per heavy atom. The lowest BCUT2D eigenvalue weighted by Gasteiger charge is -2.30. The minimum atomic E-state index is -0.273. The molecule has 1 aliphatic rings. The zero-order valence-electron chi connectivity index (χ0n) is 10.6. The molecule has 0 aromatic rings. The van der Waals surface area contributed by atoms with E-state index in [0.29, 0.717) is 6.04 Å². The normalized spacial score (nSPS) is 28.0. The summed E-state index contributed by atoms with van der Waals surface area (Å²) in [5.41, 5.74) is 0. The van der Waals surface area contributed by atoms with Gasteiger partial charge in [0.05, 0.1) is 12.5 Å². The number of likely N-dealkylation sites (N-methyl/N-ethyl adjacent to an activating group) is 1. The summed E-state index contributed by atoms with van der Waals surface area (Å²) in [5, 5.41) is 8.81. The maximum absolute atomic E-state index is 12.3. The van der Waals surface area contributed by atoms with Crippen molar-refractivity contribution in [3.63, 3.8) is 0 Å². The van der Waals surface area contributed by atoms with Gasteiger partial charge < -0.3 is 4.90 Å². The summed E-state index contributed by atoms with van der Waals surface area (Å²) in [6, 6.07) is 2.41. The molecule has 1 fully saturated rings. The molecule has 90 valence electrons. The van der Waals surface area contributed by atoms with Gasteiger partial charge in [0.15, 0.2) is 0 Å². The highest BCUT2D eigenvalue weighted by atomic mass is 16.2. The second kappa shape index (κ2) is 5.31. The van der Waals surface area contributed by atoms with E-state index in [1.165, 1.54) is 0 Å². The molecule has 2 atom stereocenters. The van der Waals surface area contributed by atoms with Crippen LogP contribution < -0.4 is 0 Å². The minimum absolute atomic E-state index is 0.100. The third kappa shape index (κ3) is 2.53. The molecule has 2 unspecified atom stereocenters. The number of nitrogens with zero attached hydrogens (tertiary/aromatic N) is 3. The van der Waals surface area contributed by atoms with Crippen LogP contribution in [-0.4, -0.2) is 47.4 Å². The third-order valence-electron chi connectivity index (χ3n) is 3.45. The van der Waals surface area contributed by atoms with Crippen molar-refractivity contribution in [3.8, 4) is 6.07 Å². The molecule has 1 amide bonds. The van der Waals surface area contributed by atoms with E-state index in [4.69, 9.17) is 5.26 Å². The number of carbonyl (C=O) groups is 1. The predicted octanol–water partition coefficient (Wildman–Crippen LogP) is 1.23. The van der Waals surface area contributed by atoms with E-state index in [1.807, 2.05) is 30.7 Å². The molecule has 1 heterocycles. The number of hydrogen-bond acceptors (Lipinski definition) is 3. The average Bonchev–Trinajstić information content (AvgIpc) is 2.32. The van der Waals surface area contributed by atoms with Gasteiger partial charge in [-0.25, -0.2) is 0 Å². The first-order chi connectivity index (χ1) is 7.49. The lowest BCUT2D eigenvalue weighted by molar-refractivity contribution is -0.136. The van der Waals surface area contributed by atoms with E-state index < -0.39 is 0 Å². The molecule has 0 saturated carbocycles. The number of rotatable bonds is 2. The lowest BCUT2D eigenvalue weighted by Crippen LogP contribution is -2.47. The quantitative estimate of drug-likeness (QED) is 0.707. The average molecular weight is 223 g/mol. The Labute approximate surface area is 97.8 Å². The van der Waals surface area contributed by atoms with Gasteiger partial charge in [0.2, 0.25) is 5.91 Å². The Hall–Kier alpha value is -1.08. The maximum Gasteiger partial charge on any atom is 0.241 e. The minimum Gasteiger partial charge on any atom is -0.339 e. The molecule has 16 heavy (non-hydrogen) atoms. The maximum atomic E-state index is 12.3. The third-order valence-corrected chi connectivity index (χ3v) is 3.45. The molecule has 1 saturated heterocycles. The van der Waals surface area contributed by atoms with Crippen LogP contribution in [0.5, 0.6) is 0 Å². The van der Waals surface area contributed by atoms with Crippen LogP contribution in [0.1, 0.15) is 33.6 Å². The Morgan fingerprint density at radius 2 is 2.19 bits per heavy atom. The molecule has 0 aromatic carbocycles.